The first kappa shape index (κ1) is 19.0. The van der Waals surface area contributed by atoms with E-state index in [1.165, 1.54) is 13.3 Å². The first-order chi connectivity index (χ1) is 11.5. The number of ether oxygens (including phenoxy) is 1. The standard InChI is InChI=1S/C15H14N2O3.C3H7N/c1-4-5-6-13-16-14(20-17-13)11-7-10(2)8-12(9-11)15(18)19-3;1-2-3-4/h4-9H,1H2,2-3H3;3-4H,2H2,1H3/b6-5+;. The molecule has 1 heterocycles. The Balaban J connectivity index is 0.000000648. The summed E-state index contributed by atoms with van der Waals surface area (Å²) in [6.07, 6.45) is 7.25. The lowest BCUT2D eigenvalue weighted by Crippen LogP contribution is -2.01. The predicted octanol–water partition coefficient (Wildman–Crippen LogP) is 4.08. The van der Waals surface area contributed by atoms with Gasteiger partial charge in [0.15, 0.2) is 5.82 Å². The molecule has 24 heavy (non-hydrogen) atoms. The van der Waals surface area contributed by atoms with Crippen LogP contribution < -0.4 is 0 Å². The Bertz CT molecular complexity index is 733. The number of rotatable bonds is 5. The van der Waals surface area contributed by atoms with E-state index in [4.69, 9.17) is 14.7 Å². The van der Waals surface area contributed by atoms with E-state index in [-0.39, 0.29) is 0 Å². The van der Waals surface area contributed by atoms with Gasteiger partial charge in [0.25, 0.3) is 5.89 Å². The third-order valence-electron chi connectivity index (χ3n) is 2.77. The second-order valence-corrected chi connectivity index (χ2v) is 4.74. The van der Waals surface area contributed by atoms with Crippen molar-refractivity contribution in [3.63, 3.8) is 0 Å². The van der Waals surface area contributed by atoms with Crippen LogP contribution in [0, 0.1) is 12.3 Å². The van der Waals surface area contributed by atoms with Gasteiger partial charge in [0.1, 0.15) is 0 Å². The summed E-state index contributed by atoms with van der Waals surface area (Å²) < 4.78 is 9.88. The number of esters is 1. The van der Waals surface area contributed by atoms with Crippen LogP contribution in [0.15, 0.2) is 41.5 Å². The van der Waals surface area contributed by atoms with Gasteiger partial charge in [-0.15, -0.1) is 0 Å². The first-order valence-electron chi connectivity index (χ1n) is 7.37. The van der Waals surface area contributed by atoms with E-state index in [0.29, 0.717) is 22.8 Å². The SMILES string of the molecule is C=C/C=C/c1noc(-c2cc(C)cc(C(=O)OC)c2)n1.CCC=N. The van der Waals surface area contributed by atoms with Gasteiger partial charge >= 0.3 is 5.97 Å². The van der Waals surface area contributed by atoms with Gasteiger partial charge in [0.05, 0.1) is 12.7 Å². The highest BCUT2D eigenvalue weighted by Gasteiger charge is 2.12. The molecule has 1 N–H and O–H groups in total. The molecular formula is C18H21N3O3. The molecule has 0 saturated carbocycles. The molecule has 1 aromatic carbocycles. The normalized spacial score (nSPS) is 9.96. The minimum absolute atomic E-state index is 0.350. The number of hydrogen-bond acceptors (Lipinski definition) is 6. The van der Waals surface area contributed by atoms with Crippen LogP contribution in [0.2, 0.25) is 0 Å². The summed E-state index contributed by atoms with van der Waals surface area (Å²) in [5.41, 5.74) is 2.03. The van der Waals surface area contributed by atoms with Crippen molar-refractivity contribution in [2.45, 2.75) is 20.3 Å². The molecule has 2 rings (SSSR count). The Morgan fingerprint density at radius 1 is 1.42 bits per heavy atom. The Kier molecular flexibility index (Phi) is 7.84. The van der Waals surface area contributed by atoms with Gasteiger partial charge in [0.2, 0.25) is 0 Å². The maximum atomic E-state index is 11.6. The van der Waals surface area contributed by atoms with Crippen molar-refractivity contribution in [1.29, 1.82) is 5.41 Å². The van der Waals surface area contributed by atoms with Crippen LogP contribution in [0.25, 0.3) is 17.5 Å². The third-order valence-corrected chi connectivity index (χ3v) is 2.77. The molecule has 126 valence electrons. The molecule has 6 heteroatoms. The predicted molar refractivity (Wildman–Crippen MR) is 94.1 cm³/mol. The Hall–Kier alpha value is -3.02. The molecule has 0 aliphatic heterocycles. The molecule has 0 spiro atoms. The van der Waals surface area contributed by atoms with E-state index in [0.717, 1.165) is 12.0 Å². The summed E-state index contributed by atoms with van der Waals surface area (Å²) in [7, 11) is 1.34. The summed E-state index contributed by atoms with van der Waals surface area (Å²) in [4.78, 5) is 15.8. The van der Waals surface area contributed by atoms with E-state index in [9.17, 15) is 4.79 Å². The van der Waals surface area contributed by atoms with E-state index in [1.807, 2.05) is 19.9 Å². The lowest BCUT2D eigenvalue weighted by molar-refractivity contribution is 0.0600. The van der Waals surface area contributed by atoms with Crippen molar-refractivity contribution >= 4 is 18.3 Å². The van der Waals surface area contributed by atoms with E-state index in [2.05, 4.69) is 16.7 Å². The molecule has 0 aliphatic carbocycles. The quantitative estimate of drug-likeness (QED) is 0.508. The molecule has 0 radical (unpaired) electrons. The fourth-order valence-electron chi connectivity index (χ4n) is 1.72. The number of nitrogens with one attached hydrogen (secondary N) is 1. The highest BCUT2D eigenvalue weighted by atomic mass is 16.5. The van der Waals surface area contributed by atoms with E-state index >= 15 is 0 Å². The van der Waals surface area contributed by atoms with E-state index in [1.54, 1.807) is 30.4 Å². The fourth-order valence-corrected chi connectivity index (χ4v) is 1.72. The highest BCUT2D eigenvalue weighted by Crippen LogP contribution is 2.21. The molecule has 2 aromatic rings. The first-order valence-corrected chi connectivity index (χ1v) is 7.37. The maximum absolute atomic E-state index is 11.6. The van der Waals surface area contributed by atoms with Gasteiger partial charge in [0, 0.05) is 5.56 Å². The average Bonchev–Trinajstić information content (AvgIpc) is 3.07. The number of carbonyl (C=O) groups is 1. The maximum Gasteiger partial charge on any atom is 0.337 e. The number of methoxy groups -OCH3 is 1. The molecule has 0 aliphatic rings. The Morgan fingerprint density at radius 2 is 2.12 bits per heavy atom. The minimum atomic E-state index is -0.402. The second kappa shape index (κ2) is 9.89. The van der Waals surface area contributed by atoms with Gasteiger partial charge in [-0.05, 0) is 49.4 Å². The zero-order chi connectivity index (χ0) is 17.9. The Labute approximate surface area is 141 Å². The molecule has 0 atom stereocenters. The van der Waals surface area contributed by atoms with Gasteiger partial charge in [-0.25, -0.2) is 4.79 Å². The van der Waals surface area contributed by atoms with Crippen molar-refractivity contribution < 1.29 is 14.1 Å². The summed E-state index contributed by atoms with van der Waals surface area (Å²) in [5, 5.41) is 10.1. The average molecular weight is 327 g/mol. The third kappa shape index (κ3) is 5.64. The van der Waals surface area contributed by atoms with E-state index < -0.39 is 5.97 Å². The number of benzene rings is 1. The van der Waals surface area contributed by atoms with Crippen LogP contribution in [0.5, 0.6) is 0 Å². The van der Waals surface area contributed by atoms with Crippen molar-refractivity contribution in [3.05, 3.63) is 53.9 Å². The van der Waals surface area contributed by atoms with Crippen LogP contribution in [-0.2, 0) is 4.74 Å². The highest BCUT2D eigenvalue weighted by molar-refractivity contribution is 5.90. The van der Waals surface area contributed by atoms with Crippen LogP contribution in [-0.4, -0.2) is 29.4 Å². The molecular weight excluding hydrogens is 306 g/mol. The fraction of sp³-hybridized carbons (Fsp3) is 0.222. The molecule has 0 fully saturated rings. The summed E-state index contributed by atoms with van der Waals surface area (Å²) in [6.45, 7) is 7.39. The van der Waals surface area contributed by atoms with Crippen molar-refractivity contribution in [3.8, 4) is 11.5 Å². The number of aryl methyl sites for hydroxylation is 1. The lowest BCUT2D eigenvalue weighted by atomic mass is 10.1. The zero-order valence-electron chi connectivity index (χ0n) is 14.1. The van der Waals surface area contributed by atoms with Gasteiger partial charge < -0.3 is 14.7 Å². The minimum Gasteiger partial charge on any atom is -0.465 e. The number of allylic oxidation sites excluding steroid dienone is 2. The second-order valence-electron chi connectivity index (χ2n) is 4.74. The largest absolute Gasteiger partial charge is 0.465 e. The number of hydrogen-bond donors (Lipinski definition) is 1. The topological polar surface area (TPSA) is 89.1 Å². The summed E-state index contributed by atoms with van der Waals surface area (Å²) >= 11 is 0. The molecule has 0 saturated heterocycles. The van der Waals surface area contributed by atoms with Crippen molar-refractivity contribution in [2.75, 3.05) is 7.11 Å². The molecule has 0 amide bonds. The zero-order valence-corrected chi connectivity index (χ0v) is 14.1. The number of nitrogens with zero attached hydrogens (tertiary/aromatic N) is 2. The van der Waals surface area contributed by atoms with Crippen LogP contribution >= 0.6 is 0 Å². The number of aromatic nitrogens is 2. The molecule has 0 bridgehead atoms. The smallest absolute Gasteiger partial charge is 0.337 e. The van der Waals surface area contributed by atoms with Crippen LogP contribution in [0.3, 0.4) is 0 Å². The van der Waals surface area contributed by atoms with Crippen molar-refractivity contribution in [1.82, 2.24) is 10.1 Å². The molecule has 1 aromatic heterocycles. The lowest BCUT2D eigenvalue weighted by Gasteiger charge is -2.03. The summed E-state index contributed by atoms with van der Waals surface area (Å²) in [5.74, 6) is 0.393. The van der Waals surface area contributed by atoms with Crippen LogP contribution in [0.4, 0.5) is 0 Å². The van der Waals surface area contributed by atoms with Gasteiger partial charge in [-0.3, -0.25) is 0 Å². The van der Waals surface area contributed by atoms with Gasteiger partial charge in [-0.1, -0.05) is 30.8 Å². The number of carbonyl (C=O) groups excluding carboxylic acids is 1. The molecule has 0 unspecified atom stereocenters. The van der Waals surface area contributed by atoms with Crippen LogP contribution in [0.1, 0.15) is 35.1 Å². The van der Waals surface area contributed by atoms with Crippen molar-refractivity contribution in [2.24, 2.45) is 0 Å². The molecule has 6 nitrogen and oxygen atoms in total. The van der Waals surface area contributed by atoms with Gasteiger partial charge in [-0.2, -0.15) is 4.98 Å². The summed E-state index contributed by atoms with van der Waals surface area (Å²) in [6, 6.07) is 5.26. The monoisotopic (exact) mass is 327 g/mol. The Morgan fingerprint density at radius 3 is 2.71 bits per heavy atom.